The van der Waals surface area contributed by atoms with E-state index in [4.69, 9.17) is 11.6 Å². The number of halogens is 2. The average molecular weight is 396 g/mol. The number of hydrogen-bond donors (Lipinski definition) is 0. The van der Waals surface area contributed by atoms with Gasteiger partial charge in [-0.25, -0.2) is 13.9 Å². The van der Waals surface area contributed by atoms with E-state index in [1.54, 1.807) is 12.2 Å². The topological polar surface area (TPSA) is 72.5 Å². The molecule has 1 aromatic rings. The third kappa shape index (κ3) is 4.21. The van der Waals surface area contributed by atoms with Crippen LogP contribution in [0.5, 0.6) is 0 Å². The van der Waals surface area contributed by atoms with E-state index in [1.807, 2.05) is 6.92 Å². The van der Waals surface area contributed by atoms with Gasteiger partial charge in [-0.2, -0.15) is 5.10 Å². The van der Waals surface area contributed by atoms with Crippen molar-refractivity contribution in [2.75, 3.05) is 13.1 Å². The molecular weight excluding hydrogens is 373 g/mol. The van der Waals surface area contributed by atoms with Crippen LogP contribution < -0.4 is 5.69 Å². The van der Waals surface area contributed by atoms with Crippen LogP contribution >= 0.6 is 11.6 Å². The van der Waals surface area contributed by atoms with E-state index in [0.717, 1.165) is 12.0 Å². The molecule has 3 rings (SSSR count). The molecule has 9 heteroatoms. The second kappa shape index (κ2) is 8.21. The van der Waals surface area contributed by atoms with Crippen LogP contribution in [0, 0.1) is 0 Å². The van der Waals surface area contributed by atoms with Gasteiger partial charge in [0, 0.05) is 13.0 Å². The number of aromatic nitrogens is 3. The summed E-state index contributed by atoms with van der Waals surface area (Å²) in [6.45, 7) is 5.98. The first-order valence-electron chi connectivity index (χ1n) is 9.01. The van der Waals surface area contributed by atoms with Gasteiger partial charge < -0.3 is 4.90 Å². The smallest absolute Gasteiger partial charge is 0.338 e. The maximum atomic E-state index is 13.5. The van der Waals surface area contributed by atoms with Gasteiger partial charge >= 0.3 is 5.69 Å². The molecule has 2 aliphatic heterocycles. The Morgan fingerprint density at radius 1 is 1.44 bits per heavy atom. The number of amides is 1. The van der Waals surface area contributed by atoms with Crippen LogP contribution in [0.2, 0.25) is 0 Å². The molecule has 1 saturated heterocycles. The van der Waals surface area contributed by atoms with E-state index < -0.39 is 12.2 Å². The highest BCUT2D eigenvalue weighted by Crippen LogP contribution is 2.26. The summed E-state index contributed by atoms with van der Waals surface area (Å²) in [5.41, 5.74) is 0.542. The minimum atomic E-state index is -0.978. The highest BCUT2D eigenvalue weighted by molar-refractivity contribution is 6.29. The predicted molar refractivity (Wildman–Crippen MR) is 102 cm³/mol. The van der Waals surface area contributed by atoms with Crippen molar-refractivity contribution in [2.45, 2.75) is 51.4 Å². The van der Waals surface area contributed by atoms with Gasteiger partial charge in [0.1, 0.15) is 23.2 Å². The zero-order valence-corrected chi connectivity index (χ0v) is 16.0. The number of alkyl halides is 1. The van der Waals surface area contributed by atoms with Gasteiger partial charge in [0.05, 0.1) is 13.1 Å². The number of aliphatic imine (C=N–C) groups is 1. The van der Waals surface area contributed by atoms with Crippen LogP contribution in [0.15, 0.2) is 32.7 Å². The maximum absolute atomic E-state index is 13.5. The van der Waals surface area contributed by atoms with Crippen molar-refractivity contribution in [3.63, 3.8) is 0 Å². The van der Waals surface area contributed by atoms with Gasteiger partial charge in [-0.15, -0.1) is 0 Å². The van der Waals surface area contributed by atoms with Crippen molar-refractivity contribution in [2.24, 2.45) is 4.99 Å². The zero-order chi connectivity index (χ0) is 19.6. The minimum Gasteiger partial charge on any atom is -0.338 e. The summed E-state index contributed by atoms with van der Waals surface area (Å²) in [7, 11) is 0. The third-order valence-corrected chi connectivity index (χ3v) is 5.16. The van der Waals surface area contributed by atoms with Gasteiger partial charge in [0.25, 0.3) is 0 Å². The molecule has 1 aromatic heterocycles. The van der Waals surface area contributed by atoms with E-state index >= 15 is 0 Å². The van der Waals surface area contributed by atoms with E-state index in [-0.39, 0.29) is 29.8 Å². The minimum absolute atomic E-state index is 0.111. The number of aryl methyl sites for hydroxylation is 1. The van der Waals surface area contributed by atoms with Crippen molar-refractivity contribution in [3.8, 4) is 0 Å². The first-order valence-corrected chi connectivity index (χ1v) is 9.39. The second-order valence-electron chi connectivity index (χ2n) is 6.97. The Morgan fingerprint density at radius 3 is 2.89 bits per heavy atom. The van der Waals surface area contributed by atoms with Crippen LogP contribution in [0.4, 0.5) is 4.39 Å². The lowest BCUT2D eigenvalue weighted by Crippen LogP contribution is -2.41. The third-order valence-electron chi connectivity index (χ3n) is 4.91. The van der Waals surface area contributed by atoms with E-state index in [2.05, 4.69) is 16.8 Å². The fourth-order valence-electron chi connectivity index (χ4n) is 3.55. The van der Waals surface area contributed by atoms with Crippen molar-refractivity contribution in [3.05, 3.63) is 39.2 Å². The summed E-state index contributed by atoms with van der Waals surface area (Å²) in [5.74, 6) is 0.423. The number of rotatable bonds is 5. The van der Waals surface area contributed by atoms with E-state index in [1.165, 1.54) is 14.1 Å². The number of allylic oxidation sites excluding steroid dienone is 3. The van der Waals surface area contributed by atoms with Gasteiger partial charge in [-0.05, 0) is 39.0 Å². The first kappa shape index (κ1) is 19.5. The number of likely N-dealkylation sites (tertiary alicyclic amines) is 1. The van der Waals surface area contributed by atoms with Crippen LogP contribution in [0.1, 0.15) is 38.1 Å². The van der Waals surface area contributed by atoms with Crippen molar-refractivity contribution in [1.29, 1.82) is 0 Å². The number of nitrogens with zero attached hydrogens (tertiary/aromatic N) is 5. The van der Waals surface area contributed by atoms with Crippen LogP contribution in [0.25, 0.3) is 0 Å². The van der Waals surface area contributed by atoms with Gasteiger partial charge in [-0.3, -0.25) is 14.4 Å². The normalized spacial score (nSPS) is 23.4. The zero-order valence-electron chi connectivity index (χ0n) is 15.3. The molecule has 2 aliphatic rings. The summed E-state index contributed by atoms with van der Waals surface area (Å²) < 4.78 is 16.3. The Morgan fingerprint density at radius 2 is 2.22 bits per heavy atom. The Labute approximate surface area is 161 Å². The SMILES string of the molecule is C=N/C(Cl)=C\C=C(/C)Cn1nc2n(c1=O)[C@H](C(=O)N1CC[C@H](F)C1)CCC2. The number of carbonyl (C=O) groups excluding carboxylic acids is 1. The molecular formula is C18H23ClFN5O2. The highest BCUT2D eigenvalue weighted by Gasteiger charge is 2.36. The standard InChI is InChI=1S/C18H23ClFN5O2/c1-12(6-7-15(19)21-2)10-24-18(27)25-14(4-3-5-16(25)22-24)17(26)23-9-8-13(20)11-23/h6-7,13-14H,2-5,8-11H2,1H3/b12-6+,15-7-/t13-,14-/m0/s1. The quantitative estimate of drug-likeness (QED) is 0.436. The largest absolute Gasteiger partial charge is 0.346 e. The van der Waals surface area contributed by atoms with Crippen LogP contribution in [0.3, 0.4) is 0 Å². The highest BCUT2D eigenvalue weighted by atomic mass is 35.5. The molecule has 0 aliphatic carbocycles. The van der Waals surface area contributed by atoms with Crippen LogP contribution in [-0.2, 0) is 17.8 Å². The van der Waals surface area contributed by atoms with Gasteiger partial charge in [0.15, 0.2) is 0 Å². The molecule has 146 valence electrons. The molecule has 0 spiro atoms. The first-order chi connectivity index (χ1) is 12.9. The Hall–Kier alpha value is -2.22. The van der Waals surface area contributed by atoms with Crippen molar-refractivity contribution < 1.29 is 9.18 Å². The molecule has 0 radical (unpaired) electrons. The Balaban J connectivity index is 1.83. The number of hydrogen-bond acceptors (Lipinski definition) is 4. The molecule has 27 heavy (non-hydrogen) atoms. The van der Waals surface area contributed by atoms with Gasteiger partial charge in [-0.1, -0.05) is 23.3 Å². The molecule has 0 bridgehead atoms. The summed E-state index contributed by atoms with van der Waals surface area (Å²) in [6.07, 6.45) is 4.72. The molecule has 1 amide bonds. The summed E-state index contributed by atoms with van der Waals surface area (Å²) in [4.78, 5) is 30.8. The fraction of sp³-hybridized carbons (Fsp3) is 0.556. The van der Waals surface area contributed by atoms with Crippen LogP contribution in [-0.4, -0.2) is 51.1 Å². The Kier molecular flexibility index (Phi) is 5.94. The van der Waals surface area contributed by atoms with Gasteiger partial charge in [0.2, 0.25) is 5.91 Å². The lowest BCUT2D eigenvalue weighted by molar-refractivity contribution is -0.134. The molecule has 2 atom stereocenters. The fourth-order valence-corrected chi connectivity index (χ4v) is 3.61. The van der Waals surface area contributed by atoms with Crippen molar-refractivity contribution >= 4 is 24.2 Å². The average Bonchev–Trinajstić information content (AvgIpc) is 3.23. The molecule has 0 saturated carbocycles. The van der Waals surface area contributed by atoms with E-state index in [9.17, 15) is 14.0 Å². The van der Waals surface area contributed by atoms with E-state index in [0.29, 0.717) is 31.6 Å². The second-order valence-corrected chi connectivity index (χ2v) is 7.35. The summed E-state index contributed by atoms with van der Waals surface area (Å²) >= 11 is 5.78. The summed E-state index contributed by atoms with van der Waals surface area (Å²) in [6, 6.07) is -0.594. The molecule has 0 aromatic carbocycles. The monoisotopic (exact) mass is 395 g/mol. The Bertz CT molecular complexity index is 856. The molecule has 1 fully saturated rings. The predicted octanol–water partition coefficient (Wildman–Crippen LogP) is 2.22. The molecule has 0 unspecified atom stereocenters. The summed E-state index contributed by atoms with van der Waals surface area (Å²) in [5, 5.41) is 4.66. The molecule has 0 N–H and O–H groups in total. The number of fused-ring (bicyclic) bond motifs is 1. The lowest BCUT2D eigenvalue weighted by atomic mass is 10.0. The molecule has 7 nitrogen and oxygen atoms in total. The van der Waals surface area contributed by atoms with Crippen molar-refractivity contribution in [1.82, 2.24) is 19.2 Å². The maximum Gasteiger partial charge on any atom is 0.346 e. The molecule has 3 heterocycles. The lowest BCUT2D eigenvalue weighted by Gasteiger charge is -2.26. The number of carbonyl (C=O) groups is 1.